The minimum Gasteiger partial charge on any atom is -0.507 e. The Morgan fingerprint density at radius 3 is 2.81 bits per heavy atom. The molecule has 0 heterocycles. The van der Waals surface area contributed by atoms with Gasteiger partial charge in [-0.1, -0.05) is 17.7 Å². The average Bonchev–Trinajstić information content (AvgIpc) is 2.45. The Kier molecular flexibility index (Phi) is 5.03. The molecule has 0 atom stereocenters. The van der Waals surface area contributed by atoms with Gasteiger partial charge >= 0.3 is 0 Å². The maximum absolute atomic E-state index is 12.1. The van der Waals surface area contributed by atoms with Gasteiger partial charge in [0.25, 0.3) is 5.91 Å². The molecule has 2 aromatic carbocycles. The lowest BCUT2D eigenvalue weighted by Gasteiger charge is -2.09. The Morgan fingerprint density at radius 1 is 1.29 bits per heavy atom. The van der Waals surface area contributed by atoms with Crippen molar-refractivity contribution in [1.82, 2.24) is 0 Å². The number of benzene rings is 2. The third-order valence-corrected chi connectivity index (χ3v) is 2.92. The fourth-order valence-corrected chi connectivity index (χ4v) is 1.90. The van der Waals surface area contributed by atoms with E-state index in [1.165, 1.54) is 18.2 Å². The summed E-state index contributed by atoms with van der Waals surface area (Å²) in [6, 6.07) is 11.2. The standard InChI is InChI=1S/C15H15ClN2O3/c16-10-4-5-13(14(19)8-10)15(20)18-11-2-1-3-12(9-11)21-7-6-17/h1-5,8-9,19H,6-7,17H2,(H,18,20). The second-order valence-electron chi connectivity index (χ2n) is 4.28. The number of phenols is 1. The van der Waals surface area contributed by atoms with Crippen LogP contribution in [0.25, 0.3) is 0 Å². The number of amides is 1. The van der Waals surface area contributed by atoms with Crippen molar-refractivity contribution in [1.29, 1.82) is 0 Å². The van der Waals surface area contributed by atoms with Gasteiger partial charge in [0, 0.05) is 23.3 Å². The normalized spacial score (nSPS) is 10.2. The second-order valence-corrected chi connectivity index (χ2v) is 4.72. The van der Waals surface area contributed by atoms with Crippen LogP contribution in [0.2, 0.25) is 5.02 Å². The van der Waals surface area contributed by atoms with Crippen LogP contribution in [0.5, 0.6) is 11.5 Å². The fraction of sp³-hybridized carbons (Fsp3) is 0.133. The lowest BCUT2D eigenvalue weighted by Crippen LogP contribution is -2.13. The number of phenolic OH excluding ortho intramolecular Hbond substituents is 1. The van der Waals surface area contributed by atoms with E-state index in [2.05, 4.69) is 5.32 Å². The predicted molar refractivity (Wildman–Crippen MR) is 82.1 cm³/mol. The summed E-state index contributed by atoms with van der Waals surface area (Å²) < 4.78 is 5.38. The molecule has 21 heavy (non-hydrogen) atoms. The van der Waals surface area contributed by atoms with E-state index in [1.54, 1.807) is 24.3 Å². The summed E-state index contributed by atoms with van der Waals surface area (Å²) in [4.78, 5) is 12.1. The molecule has 0 aromatic heterocycles. The molecule has 0 aliphatic rings. The molecule has 0 unspecified atom stereocenters. The van der Waals surface area contributed by atoms with Crippen molar-refractivity contribution in [2.24, 2.45) is 5.73 Å². The Morgan fingerprint density at radius 2 is 2.10 bits per heavy atom. The highest BCUT2D eigenvalue weighted by molar-refractivity contribution is 6.30. The molecule has 0 spiro atoms. The summed E-state index contributed by atoms with van der Waals surface area (Å²) in [6.45, 7) is 0.810. The molecule has 0 bridgehead atoms. The topological polar surface area (TPSA) is 84.6 Å². The van der Waals surface area contributed by atoms with Gasteiger partial charge in [0.15, 0.2) is 0 Å². The molecule has 0 fully saturated rings. The number of rotatable bonds is 5. The van der Waals surface area contributed by atoms with Gasteiger partial charge in [-0.2, -0.15) is 0 Å². The van der Waals surface area contributed by atoms with E-state index in [0.29, 0.717) is 29.6 Å². The minimum absolute atomic E-state index is 0.146. The Hall–Kier alpha value is -2.24. The highest BCUT2D eigenvalue weighted by Crippen LogP contribution is 2.24. The molecule has 0 aliphatic carbocycles. The lowest BCUT2D eigenvalue weighted by atomic mass is 10.2. The summed E-state index contributed by atoms with van der Waals surface area (Å²) in [6.07, 6.45) is 0. The number of carbonyl (C=O) groups excluding carboxylic acids is 1. The number of carbonyl (C=O) groups is 1. The number of ether oxygens (including phenoxy) is 1. The molecular formula is C15H15ClN2O3. The molecule has 110 valence electrons. The number of hydrogen-bond donors (Lipinski definition) is 3. The number of nitrogens with one attached hydrogen (secondary N) is 1. The van der Waals surface area contributed by atoms with Crippen LogP contribution in [0.15, 0.2) is 42.5 Å². The maximum atomic E-state index is 12.1. The van der Waals surface area contributed by atoms with Crippen LogP contribution in [0, 0.1) is 0 Å². The number of hydrogen-bond acceptors (Lipinski definition) is 4. The van der Waals surface area contributed by atoms with Crippen molar-refractivity contribution in [2.45, 2.75) is 0 Å². The lowest BCUT2D eigenvalue weighted by molar-refractivity contribution is 0.102. The van der Waals surface area contributed by atoms with Crippen molar-refractivity contribution >= 4 is 23.2 Å². The largest absolute Gasteiger partial charge is 0.507 e. The van der Waals surface area contributed by atoms with Gasteiger partial charge in [0.2, 0.25) is 0 Å². The first kappa shape index (κ1) is 15.2. The van der Waals surface area contributed by atoms with Crippen molar-refractivity contribution < 1.29 is 14.6 Å². The number of aromatic hydroxyl groups is 1. The van der Waals surface area contributed by atoms with E-state index in [-0.39, 0.29) is 11.3 Å². The third kappa shape index (κ3) is 4.11. The summed E-state index contributed by atoms with van der Waals surface area (Å²) in [5, 5.41) is 12.8. The molecule has 5 nitrogen and oxygen atoms in total. The van der Waals surface area contributed by atoms with Gasteiger partial charge in [0.05, 0.1) is 5.56 Å². The SMILES string of the molecule is NCCOc1cccc(NC(=O)c2ccc(Cl)cc2O)c1. The van der Waals surface area contributed by atoms with E-state index in [9.17, 15) is 9.90 Å². The van der Waals surface area contributed by atoms with Gasteiger partial charge in [-0.15, -0.1) is 0 Å². The zero-order valence-corrected chi connectivity index (χ0v) is 11.9. The van der Waals surface area contributed by atoms with Crippen molar-refractivity contribution in [3.8, 4) is 11.5 Å². The van der Waals surface area contributed by atoms with Crippen LogP contribution < -0.4 is 15.8 Å². The van der Waals surface area contributed by atoms with Crippen LogP contribution in [-0.2, 0) is 0 Å². The van der Waals surface area contributed by atoms with E-state index in [4.69, 9.17) is 22.1 Å². The van der Waals surface area contributed by atoms with Crippen LogP contribution in [0.4, 0.5) is 5.69 Å². The molecule has 2 aromatic rings. The van der Waals surface area contributed by atoms with Gasteiger partial charge in [-0.25, -0.2) is 0 Å². The van der Waals surface area contributed by atoms with Crippen LogP contribution in [0.3, 0.4) is 0 Å². The first-order chi connectivity index (χ1) is 10.1. The third-order valence-electron chi connectivity index (χ3n) is 2.68. The summed E-state index contributed by atoms with van der Waals surface area (Å²) in [5.74, 6) is 0.00857. The first-order valence-corrected chi connectivity index (χ1v) is 6.71. The van der Waals surface area contributed by atoms with Crippen LogP contribution in [-0.4, -0.2) is 24.2 Å². The molecule has 2 rings (SSSR count). The molecular weight excluding hydrogens is 292 g/mol. The quantitative estimate of drug-likeness (QED) is 0.793. The Bertz CT molecular complexity index is 647. The Balaban J connectivity index is 2.12. The molecule has 0 radical (unpaired) electrons. The fourth-order valence-electron chi connectivity index (χ4n) is 1.74. The molecule has 1 amide bonds. The predicted octanol–water partition coefficient (Wildman–Crippen LogP) is 2.64. The van der Waals surface area contributed by atoms with Gasteiger partial charge in [-0.05, 0) is 30.3 Å². The van der Waals surface area contributed by atoms with Crippen LogP contribution >= 0.6 is 11.6 Å². The number of nitrogens with two attached hydrogens (primary N) is 1. The molecule has 0 saturated heterocycles. The maximum Gasteiger partial charge on any atom is 0.259 e. The molecule has 6 heteroatoms. The number of anilines is 1. The van der Waals surface area contributed by atoms with Crippen LogP contribution in [0.1, 0.15) is 10.4 Å². The molecule has 0 saturated carbocycles. The molecule has 0 aliphatic heterocycles. The van der Waals surface area contributed by atoms with E-state index >= 15 is 0 Å². The number of halogens is 1. The van der Waals surface area contributed by atoms with Gasteiger partial charge in [-0.3, -0.25) is 4.79 Å². The summed E-state index contributed by atoms with van der Waals surface area (Å²) >= 11 is 5.73. The zero-order valence-electron chi connectivity index (χ0n) is 11.2. The highest BCUT2D eigenvalue weighted by atomic mass is 35.5. The smallest absolute Gasteiger partial charge is 0.259 e. The van der Waals surface area contributed by atoms with Crippen molar-refractivity contribution in [2.75, 3.05) is 18.5 Å². The van der Waals surface area contributed by atoms with Crippen molar-refractivity contribution in [3.05, 3.63) is 53.1 Å². The van der Waals surface area contributed by atoms with E-state index in [1.807, 2.05) is 0 Å². The average molecular weight is 307 g/mol. The summed E-state index contributed by atoms with van der Waals surface area (Å²) in [5.41, 5.74) is 6.07. The monoisotopic (exact) mass is 306 g/mol. The zero-order chi connectivity index (χ0) is 15.2. The van der Waals surface area contributed by atoms with E-state index < -0.39 is 5.91 Å². The summed E-state index contributed by atoms with van der Waals surface area (Å²) in [7, 11) is 0. The molecule has 4 N–H and O–H groups in total. The highest BCUT2D eigenvalue weighted by Gasteiger charge is 2.12. The van der Waals surface area contributed by atoms with Gasteiger partial charge in [0.1, 0.15) is 18.1 Å². The minimum atomic E-state index is -0.430. The Labute approximate surface area is 127 Å². The van der Waals surface area contributed by atoms with Gasteiger partial charge < -0.3 is 20.9 Å². The second kappa shape index (κ2) is 6.97. The first-order valence-electron chi connectivity index (χ1n) is 6.33. The van der Waals surface area contributed by atoms with E-state index in [0.717, 1.165) is 0 Å². The van der Waals surface area contributed by atoms with Crippen molar-refractivity contribution in [3.63, 3.8) is 0 Å².